The van der Waals surface area contributed by atoms with Crippen LogP contribution in [0.3, 0.4) is 0 Å². The number of hydrogen-bond donors (Lipinski definition) is 1. The van der Waals surface area contributed by atoms with E-state index in [1.54, 1.807) is 17.4 Å². The molecule has 3 heteroatoms. The van der Waals surface area contributed by atoms with Crippen molar-refractivity contribution in [3.8, 4) is 10.4 Å². The zero-order valence-electron chi connectivity index (χ0n) is 10.8. The van der Waals surface area contributed by atoms with Crippen LogP contribution in [-0.4, -0.2) is 6.54 Å². The van der Waals surface area contributed by atoms with Crippen LogP contribution in [0.4, 0.5) is 4.39 Å². The Hall–Kier alpha value is -1.19. The van der Waals surface area contributed by atoms with Gasteiger partial charge in [0.15, 0.2) is 0 Å². The predicted octanol–water partition coefficient (Wildman–Crippen LogP) is 4.36. The van der Waals surface area contributed by atoms with Gasteiger partial charge in [0.25, 0.3) is 0 Å². The molecule has 0 saturated carbocycles. The van der Waals surface area contributed by atoms with E-state index in [9.17, 15) is 4.39 Å². The minimum absolute atomic E-state index is 0.133. The molecule has 0 spiro atoms. The van der Waals surface area contributed by atoms with Gasteiger partial charge in [-0.05, 0) is 49.2 Å². The fraction of sp³-hybridized carbons (Fsp3) is 0.333. The van der Waals surface area contributed by atoms with E-state index in [4.69, 9.17) is 0 Å². The highest BCUT2D eigenvalue weighted by molar-refractivity contribution is 7.15. The maximum atomic E-state index is 13.5. The van der Waals surface area contributed by atoms with Crippen LogP contribution < -0.4 is 5.32 Å². The number of halogens is 1. The van der Waals surface area contributed by atoms with E-state index >= 15 is 0 Å². The Balaban J connectivity index is 2.16. The first-order chi connectivity index (χ1) is 8.72. The summed E-state index contributed by atoms with van der Waals surface area (Å²) in [6.07, 6.45) is 1.14. The van der Waals surface area contributed by atoms with Gasteiger partial charge in [-0.3, -0.25) is 0 Å². The van der Waals surface area contributed by atoms with Gasteiger partial charge in [-0.2, -0.15) is 0 Å². The summed E-state index contributed by atoms with van der Waals surface area (Å²) in [6.45, 7) is 5.92. The number of thiophene rings is 1. The fourth-order valence-electron chi connectivity index (χ4n) is 1.88. The number of rotatable bonds is 5. The first kappa shape index (κ1) is 13.2. The second-order valence-corrected chi connectivity index (χ2v) is 5.52. The Bertz CT molecular complexity index is 519. The molecular formula is C15H18FNS. The molecule has 1 heterocycles. The third kappa shape index (κ3) is 2.98. The van der Waals surface area contributed by atoms with Gasteiger partial charge in [-0.25, -0.2) is 4.39 Å². The first-order valence-electron chi connectivity index (χ1n) is 6.27. The normalized spacial score (nSPS) is 10.8. The van der Waals surface area contributed by atoms with Crippen LogP contribution >= 0.6 is 11.3 Å². The van der Waals surface area contributed by atoms with Crippen LogP contribution in [0.2, 0.25) is 0 Å². The second kappa shape index (κ2) is 6.12. The van der Waals surface area contributed by atoms with E-state index in [2.05, 4.69) is 24.4 Å². The number of nitrogens with one attached hydrogen (secondary N) is 1. The largest absolute Gasteiger partial charge is 0.312 e. The quantitative estimate of drug-likeness (QED) is 0.790. The predicted molar refractivity (Wildman–Crippen MR) is 76.4 cm³/mol. The SMILES string of the molecule is CCCNCc1ccc(-c2cccc(F)c2C)s1. The van der Waals surface area contributed by atoms with Crippen LogP contribution in [0.15, 0.2) is 30.3 Å². The molecule has 0 radical (unpaired) electrons. The lowest BCUT2D eigenvalue weighted by Crippen LogP contribution is -2.12. The summed E-state index contributed by atoms with van der Waals surface area (Å²) in [4.78, 5) is 2.43. The second-order valence-electron chi connectivity index (χ2n) is 4.36. The van der Waals surface area contributed by atoms with Gasteiger partial charge in [-0.15, -0.1) is 11.3 Å². The Labute approximate surface area is 112 Å². The van der Waals surface area contributed by atoms with E-state index in [-0.39, 0.29) is 5.82 Å². The van der Waals surface area contributed by atoms with Gasteiger partial charge in [0.05, 0.1) is 0 Å². The molecule has 1 nitrogen and oxygen atoms in total. The molecule has 96 valence electrons. The monoisotopic (exact) mass is 263 g/mol. The molecule has 1 aromatic carbocycles. The molecule has 0 amide bonds. The summed E-state index contributed by atoms with van der Waals surface area (Å²) >= 11 is 1.73. The van der Waals surface area contributed by atoms with Gasteiger partial charge in [-0.1, -0.05) is 19.1 Å². The molecule has 0 aliphatic rings. The average molecular weight is 263 g/mol. The summed E-state index contributed by atoms with van der Waals surface area (Å²) in [7, 11) is 0. The van der Waals surface area contributed by atoms with Crippen LogP contribution in [0, 0.1) is 12.7 Å². The van der Waals surface area contributed by atoms with Crippen molar-refractivity contribution in [2.24, 2.45) is 0 Å². The summed E-state index contributed by atoms with van der Waals surface area (Å²) < 4.78 is 13.5. The molecule has 2 aromatic rings. The lowest BCUT2D eigenvalue weighted by atomic mass is 10.1. The molecule has 1 N–H and O–H groups in total. The van der Waals surface area contributed by atoms with Crippen molar-refractivity contribution in [1.82, 2.24) is 5.32 Å². The molecule has 0 unspecified atom stereocenters. The number of hydrogen-bond acceptors (Lipinski definition) is 2. The molecule has 0 atom stereocenters. The maximum Gasteiger partial charge on any atom is 0.126 e. The van der Waals surface area contributed by atoms with Crippen molar-refractivity contribution >= 4 is 11.3 Å². The summed E-state index contributed by atoms with van der Waals surface area (Å²) in [6, 6.07) is 9.46. The zero-order chi connectivity index (χ0) is 13.0. The highest BCUT2D eigenvalue weighted by atomic mass is 32.1. The molecule has 0 fully saturated rings. The Morgan fingerprint density at radius 3 is 2.83 bits per heavy atom. The smallest absolute Gasteiger partial charge is 0.126 e. The van der Waals surface area contributed by atoms with Gasteiger partial charge >= 0.3 is 0 Å². The van der Waals surface area contributed by atoms with Crippen LogP contribution in [0.1, 0.15) is 23.8 Å². The van der Waals surface area contributed by atoms with Gasteiger partial charge in [0.1, 0.15) is 5.82 Å². The molecule has 18 heavy (non-hydrogen) atoms. The molecule has 0 aliphatic carbocycles. The minimum Gasteiger partial charge on any atom is -0.312 e. The molecule has 0 saturated heterocycles. The van der Waals surface area contributed by atoms with Crippen molar-refractivity contribution in [3.63, 3.8) is 0 Å². The average Bonchev–Trinajstić information content (AvgIpc) is 2.82. The molecule has 0 bridgehead atoms. The molecule has 2 rings (SSSR count). The Morgan fingerprint density at radius 2 is 2.06 bits per heavy atom. The first-order valence-corrected chi connectivity index (χ1v) is 7.09. The van der Waals surface area contributed by atoms with Crippen LogP contribution in [-0.2, 0) is 6.54 Å². The van der Waals surface area contributed by atoms with Gasteiger partial charge < -0.3 is 5.32 Å². The van der Waals surface area contributed by atoms with Gasteiger partial charge in [0.2, 0.25) is 0 Å². The third-order valence-corrected chi connectivity index (χ3v) is 4.04. The van der Waals surface area contributed by atoms with Crippen LogP contribution in [0.25, 0.3) is 10.4 Å². The Kier molecular flexibility index (Phi) is 4.50. The number of benzene rings is 1. The van der Waals surface area contributed by atoms with E-state index in [1.165, 1.54) is 10.9 Å². The lowest BCUT2D eigenvalue weighted by molar-refractivity contribution is 0.619. The van der Waals surface area contributed by atoms with E-state index in [1.807, 2.05) is 13.0 Å². The summed E-state index contributed by atoms with van der Waals surface area (Å²) in [5.41, 5.74) is 1.73. The van der Waals surface area contributed by atoms with Crippen molar-refractivity contribution in [1.29, 1.82) is 0 Å². The minimum atomic E-state index is -0.133. The van der Waals surface area contributed by atoms with Crippen LogP contribution in [0.5, 0.6) is 0 Å². The summed E-state index contributed by atoms with van der Waals surface area (Å²) in [5.74, 6) is -0.133. The highest BCUT2D eigenvalue weighted by Crippen LogP contribution is 2.31. The van der Waals surface area contributed by atoms with Crippen molar-refractivity contribution in [2.45, 2.75) is 26.8 Å². The van der Waals surface area contributed by atoms with E-state index in [0.29, 0.717) is 0 Å². The van der Waals surface area contributed by atoms with E-state index in [0.717, 1.165) is 35.5 Å². The van der Waals surface area contributed by atoms with Crippen molar-refractivity contribution in [3.05, 3.63) is 46.6 Å². The molecule has 0 aliphatic heterocycles. The van der Waals surface area contributed by atoms with Gasteiger partial charge in [0, 0.05) is 16.3 Å². The van der Waals surface area contributed by atoms with Crippen molar-refractivity contribution < 1.29 is 4.39 Å². The fourth-order valence-corrected chi connectivity index (χ4v) is 2.94. The maximum absolute atomic E-state index is 13.5. The third-order valence-electron chi connectivity index (χ3n) is 2.92. The summed E-state index contributed by atoms with van der Waals surface area (Å²) in [5, 5.41) is 3.38. The molecular weight excluding hydrogens is 245 g/mol. The topological polar surface area (TPSA) is 12.0 Å². The lowest BCUT2D eigenvalue weighted by Gasteiger charge is -2.03. The Morgan fingerprint density at radius 1 is 1.22 bits per heavy atom. The molecule has 1 aromatic heterocycles. The van der Waals surface area contributed by atoms with Crippen molar-refractivity contribution in [2.75, 3.05) is 6.54 Å². The van der Waals surface area contributed by atoms with E-state index < -0.39 is 0 Å². The highest BCUT2D eigenvalue weighted by Gasteiger charge is 2.08. The standard InChI is InChI=1S/C15H18FNS/c1-3-9-17-10-12-7-8-15(18-12)13-5-4-6-14(16)11(13)2/h4-8,17H,3,9-10H2,1-2H3. The zero-order valence-corrected chi connectivity index (χ0v) is 11.6.